The number of phosphoric acid groups is 2. The number of hydrogen-bond donors (Lipinski definition) is 3. The molecule has 0 aliphatic rings. The van der Waals surface area contributed by atoms with E-state index in [2.05, 4.69) is 76.3 Å². The number of esters is 4. The maximum absolute atomic E-state index is 13.1. The van der Waals surface area contributed by atoms with E-state index in [0.29, 0.717) is 25.7 Å². The van der Waals surface area contributed by atoms with Gasteiger partial charge in [-0.25, -0.2) is 9.13 Å². The van der Waals surface area contributed by atoms with Crippen LogP contribution in [0.3, 0.4) is 0 Å². The zero-order valence-corrected chi connectivity index (χ0v) is 64.5. The van der Waals surface area contributed by atoms with Gasteiger partial charge in [0.15, 0.2) is 12.2 Å². The monoisotopic (exact) mass is 1430 g/mol. The standard InChI is InChI=1S/C79H146O17P2/c1-5-9-13-17-21-25-29-33-36-40-43-47-51-55-59-63-76(81)89-69-74(95-78(83)65-61-57-53-49-45-39-32-28-24-20-16-12-8-4)71-93-97(85,86)91-67-73(80)68-92-98(87,88)94-72-75(96-79(84)66-62-58-54-50-46-42-38-35-31-27-23-19-15-11-7-3)70-90-77(82)64-60-56-52-48-44-41-37-34-30-26-22-18-14-10-6-2/h22,25-26,29,34-35,37-38,73-75,80H,5-21,23-24,27-28,30-33,36,39-72H2,1-4H3,(H,85,86)(H,87,88)/t73?,74-,75-/m1/s1. The SMILES string of the molecule is CCCCCC=CCC=CCCCCCCCC(=O)OC[C@H](COP(=O)(O)OCC(O)COP(=O)(O)OC[C@@H](COC(=O)CCCCCCCCCC=CCCCCCC)OC(=O)CCCCCCCCCCCCCCC)OC(=O)CCCCCCCC=CCCCCCCCC. The van der Waals surface area contributed by atoms with E-state index in [1.54, 1.807) is 0 Å². The number of rotatable bonds is 76. The molecule has 3 N–H and O–H groups in total. The van der Waals surface area contributed by atoms with Crippen LogP contribution in [0.15, 0.2) is 48.6 Å². The lowest BCUT2D eigenvalue weighted by Gasteiger charge is -2.21. The van der Waals surface area contributed by atoms with Crippen molar-refractivity contribution in [2.24, 2.45) is 0 Å². The summed E-state index contributed by atoms with van der Waals surface area (Å²) in [6, 6.07) is 0. The summed E-state index contributed by atoms with van der Waals surface area (Å²) in [4.78, 5) is 72.9. The van der Waals surface area contributed by atoms with Crippen molar-refractivity contribution in [2.45, 2.75) is 393 Å². The second kappa shape index (κ2) is 72.4. The number of unbranched alkanes of at least 4 members (excludes halogenated alkanes) is 42. The van der Waals surface area contributed by atoms with Gasteiger partial charge >= 0.3 is 39.5 Å². The Morgan fingerprint density at radius 3 is 0.796 bits per heavy atom. The number of aliphatic hydroxyl groups is 1. The summed E-state index contributed by atoms with van der Waals surface area (Å²) in [5, 5.41) is 10.6. The Balaban J connectivity index is 5.32. The van der Waals surface area contributed by atoms with E-state index in [1.807, 2.05) is 0 Å². The van der Waals surface area contributed by atoms with Crippen molar-refractivity contribution in [1.82, 2.24) is 0 Å². The highest BCUT2D eigenvalue weighted by atomic mass is 31.2. The first-order chi connectivity index (χ1) is 47.7. The summed E-state index contributed by atoms with van der Waals surface area (Å²) in [6.45, 7) is 4.88. The molecule has 17 nitrogen and oxygen atoms in total. The maximum atomic E-state index is 13.1. The van der Waals surface area contributed by atoms with Crippen molar-refractivity contribution < 1.29 is 80.2 Å². The number of hydrogen-bond acceptors (Lipinski definition) is 15. The third-order valence-electron chi connectivity index (χ3n) is 17.3. The molecule has 0 heterocycles. The Morgan fingerprint density at radius 2 is 0.500 bits per heavy atom. The predicted molar refractivity (Wildman–Crippen MR) is 400 cm³/mol. The maximum Gasteiger partial charge on any atom is 0.472 e. The Bertz CT molecular complexity index is 2050. The van der Waals surface area contributed by atoms with Crippen LogP contribution >= 0.6 is 15.6 Å². The van der Waals surface area contributed by atoms with Gasteiger partial charge in [0.2, 0.25) is 0 Å². The molecule has 98 heavy (non-hydrogen) atoms. The van der Waals surface area contributed by atoms with E-state index in [1.165, 1.54) is 148 Å². The molecular weight excluding hydrogens is 1280 g/mol. The number of aliphatic hydroxyl groups excluding tert-OH is 1. The van der Waals surface area contributed by atoms with Crippen LogP contribution in [0.2, 0.25) is 0 Å². The Kier molecular flexibility index (Phi) is 70.2. The molecule has 3 unspecified atom stereocenters. The minimum atomic E-state index is -4.97. The number of ether oxygens (including phenoxy) is 4. The van der Waals surface area contributed by atoms with E-state index in [9.17, 15) is 43.2 Å². The molecule has 574 valence electrons. The molecule has 0 bridgehead atoms. The Hall–Kier alpha value is -2.98. The van der Waals surface area contributed by atoms with E-state index in [-0.39, 0.29) is 25.7 Å². The van der Waals surface area contributed by atoms with Crippen LogP contribution < -0.4 is 0 Å². The molecule has 0 fully saturated rings. The minimum absolute atomic E-state index is 0.0870. The van der Waals surface area contributed by atoms with Crippen molar-refractivity contribution in [3.05, 3.63) is 48.6 Å². The molecule has 19 heteroatoms. The second-order valence-electron chi connectivity index (χ2n) is 27.0. The molecule has 0 spiro atoms. The van der Waals surface area contributed by atoms with Gasteiger partial charge in [-0.15, -0.1) is 0 Å². The van der Waals surface area contributed by atoms with Crippen molar-refractivity contribution in [2.75, 3.05) is 39.6 Å². The van der Waals surface area contributed by atoms with E-state index < -0.39 is 97.5 Å². The molecule has 0 aliphatic carbocycles. The molecule has 0 saturated heterocycles. The lowest BCUT2D eigenvalue weighted by Crippen LogP contribution is -2.30. The first-order valence-corrected chi connectivity index (χ1v) is 42.9. The van der Waals surface area contributed by atoms with Gasteiger partial charge in [-0.1, -0.05) is 288 Å². The van der Waals surface area contributed by atoms with Gasteiger partial charge in [0.25, 0.3) is 0 Å². The minimum Gasteiger partial charge on any atom is -0.462 e. The number of phosphoric ester groups is 2. The lowest BCUT2D eigenvalue weighted by molar-refractivity contribution is -0.161. The molecule has 0 aromatic heterocycles. The molecule has 0 amide bonds. The summed E-state index contributed by atoms with van der Waals surface area (Å²) in [7, 11) is -9.94. The fourth-order valence-corrected chi connectivity index (χ4v) is 12.7. The fourth-order valence-electron chi connectivity index (χ4n) is 11.1. The average Bonchev–Trinajstić information content (AvgIpc) is 1.04. The number of allylic oxidation sites excluding steroid dienone is 8. The normalized spacial score (nSPS) is 14.2. The summed E-state index contributed by atoms with van der Waals surface area (Å²) in [5.74, 6) is -2.17. The van der Waals surface area contributed by atoms with Gasteiger partial charge < -0.3 is 33.8 Å². The summed E-state index contributed by atoms with van der Waals surface area (Å²) >= 11 is 0. The van der Waals surface area contributed by atoms with Crippen molar-refractivity contribution in [3.63, 3.8) is 0 Å². The Morgan fingerprint density at radius 1 is 0.286 bits per heavy atom. The molecule has 5 atom stereocenters. The van der Waals surface area contributed by atoms with Gasteiger partial charge in [0.05, 0.1) is 26.4 Å². The Labute approximate surface area is 597 Å². The largest absolute Gasteiger partial charge is 0.472 e. The molecule has 0 aliphatic heterocycles. The van der Waals surface area contributed by atoms with Crippen LogP contribution in [-0.4, -0.2) is 96.7 Å². The van der Waals surface area contributed by atoms with Gasteiger partial charge in [-0.2, -0.15) is 0 Å². The first-order valence-electron chi connectivity index (χ1n) is 39.9. The van der Waals surface area contributed by atoms with Crippen LogP contribution in [0.5, 0.6) is 0 Å². The van der Waals surface area contributed by atoms with Crippen molar-refractivity contribution in [3.8, 4) is 0 Å². The van der Waals surface area contributed by atoms with E-state index >= 15 is 0 Å². The van der Waals surface area contributed by atoms with Crippen LogP contribution in [0, 0.1) is 0 Å². The van der Waals surface area contributed by atoms with Crippen LogP contribution in [-0.2, 0) is 65.4 Å². The van der Waals surface area contributed by atoms with E-state index in [4.69, 9.17) is 37.0 Å². The first kappa shape index (κ1) is 95.0. The highest BCUT2D eigenvalue weighted by molar-refractivity contribution is 7.47. The van der Waals surface area contributed by atoms with Crippen LogP contribution in [0.4, 0.5) is 0 Å². The van der Waals surface area contributed by atoms with Crippen molar-refractivity contribution >= 4 is 39.5 Å². The molecule has 0 rings (SSSR count). The number of carbonyl (C=O) groups excluding carboxylic acids is 4. The lowest BCUT2D eigenvalue weighted by atomic mass is 10.0. The molecular formula is C79H146O17P2. The molecule has 0 saturated carbocycles. The van der Waals surface area contributed by atoms with E-state index in [0.717, 1.165) is 148 Å². The van der Waals surface area contributed by atoms with Gasteiger partial charge in [0.1, 0.15) is 19.3 Å². The highest BCUT2D eigenvalue weighted by Crippen LogP contribution is 2.45. The fraction of sp³-hybridized carbons (Fsp3) is 0.848. The third-order valence-corrected chi connectivity index (χ3v) is 19.2. The second-order valence-corrected chi connectivity index (χ2v) is 29.9. The topological polar surface area (TPSA) is 237 Å². The van der Waals surface area contributed by atoms with Gasteiger partial charge in [-0.05, 0) is 109 Å². The summed E-state index contributed by atoms with van der Waals surface area (Å²) in [6.07, 6.45) is 69.4. The molecule has 0 aromatic rings. The smallest absolute Gasteiger partial charge is 0.462 e. The molecule has 0 radical (unpaired) electrons. The zero-order chi connectivity index (χ0) is 71.8. The predicted octanol–water partition coefficient (Wildman–Crippen LogP) is 22.9. The quantitative estimate of drug-likeness (QED) is 0.0169. The summed E-state index contributed by atoms with van der Waals surface area (Å²) in [5.41, 5.74) is 0. The highest BCUT2D eigenvalue weighted by Gasteiger charge is 2.30. The third kappa shape index (κ3) is 71.4. The zero-order valence-electron chi connectivity index (χ0n) is 62.7. The van der Waals surface area contributed by atoms with Gasteiger partial charge in [-0.3, -0.25) is 37.3 Å². The van der Waals surface area contributed by atoms with Crippen molar-refractivity contribution in [1.29, 1.82) is 0 Å². The van der Waals surface area contributed by atoms with Gasteiger partial charge in [0, 0.05) is 25.7 Å². The summed E-state index contributed by atoms with van der Waals surface area (Å²) < 4.78 is 68.6. The van der Waals surface area contributed by atoms with Crippen LogP contribution in [0.25, 0.3) is 0 Å². The van der Waals surface area contributed by atoms with Crippen LogP contribution in [0.1, 0.15) is 374 Å². The number of carbonyl (C=O) groups is 4. The molecule has 0 aromatic carbocycles. The average molecular weight is 1430 g/mol.